The Morgan fingerprint density at radius 1 is 1.42 bits per heavy atom. The van der Waals surface area contributed by atoms with Crippen molar-refractivity contribution in [2.45, 2.75) is 26.9 Å². The average Bonchev–Trinajstić information content (AvgIpc) is 2.79. The van der Waals surface area contributed by atoms with E-state index in [4.69, 9.17) is 16.3 Å². The Hall–Kier alpha value is -0.970. The van der Waals surface area contributed by atoms with Crippen LogP contribution in [0.3, 0.4) is 0 Å². The number of carbonyl (C=O) groups excluding carboxylic acids is 1. The molecule has 0 unspecified atom stereocenters. The first-order valence-corrected chi connectivity index (χ1v) is 6.28. The smallest absolute Gasteiger partial charge is 0.426 e. The van der Waals surface area contributed by atoms with Crippen LogP contribution in [-0.4, -0.2) is 18.8 Å². The molecule has 0 aromatic carbocycles. The summed E-state index contributed by atoms with van der Waals surface area (Å²) in [5.41, 5.74) is -0.290. The third kappa shape index (κ3) is 3.75. The lowest BCUT2D eigenvalue weighted by Crippen LogP contribution is -2.10. The number of alkyl halides is 3. The lowest BCUT2D eigenvalue weighted by atomic mass is 10.1. The molecular weight excluding hydrogens is 281 g/mol. The van der Waals surface area contributed by atoms with Gasteiger partial charge in [0, 0.05) is 0 Å². The zero-order valence-corrected chi connectivity index (χ0v) is 11.7. The number of ether oxygens (including phenoxy) is 1. The highest BCUT2D eigenvalue weighted by Gasteiger charge is 2.61. The van der Waals surface area contributed by atoms with Crippen LogP contribution < -0.4 is 0 Å². The van der Waals surface area contributed by atoms with Gasteiger partial charge in [0.1, 0.15) is 5.03 Å². The van der Waals surface area contributed by atoms with E-state index in [9.17, 15) is 18.0 Å². The minimum absolute atomic E-state index is 0.125. The van der Waals surface area contributed by atoms with Crippen LogP contribution in [0.2, 0.25) is 0 Å². The van der Waals surface area contributed by atoms with Gasteiger partial charge in [0.25, 0.3) is 0 Å². The van der Waals surface area contributed by atoms with Gasteiger partial charge in [0.15, 0.2) is 0 Å². The lowest BCUT2D eigenvalue weighted by Gasteiger charge is -2.01. The van der Waals surface area contributed by atoms with Crippen LogP contribution >= 0.6 is 11.6 Å². The van der Waals surface area contributed by atoms with E-state index < -0.39 is 11.2 Å². The van der Waals surface area contributed by atoms with Crippen LogP contribution in [0.25, 0.3) is 0 Å². The van der Waals surface area contributed by atoms with Crippen molar-refractivity contribution in [3.63, 3.8) is 0 Å². The molecule has 0 amide bonds. The Morgan fingerprint density at radius 3 is 2.47 bits per heavy atom. The first kappa shape index (κ1) is 16.1. The van der Waals surface area contributed by atoms with Crippen LogP contribution in [0.15, 0.2) is 23.3 Å². The van der Waals surface area contributed by atoms with E-state index in [2.05, 4.69) is 0 Å². The third-order valence-electron chi connectivity index (χ3n) is 3.28. The molecule has 0 aromatic rings. The Kier molecular flexibility index (Phi) is 4.72. The summed E-state index contributed by atoms with van der Waals surface area (Å²) in [5.74, 6) is -0.740. The minimum atomic E-state index is -4.54. The fourth-order valence-corrected chi connectivity index (χ4v) is 2.15. The summed E-state index contributed by atoms with van der Waals surface area (Å²) in [4.78, 5) is 11.6. The number of hydrogen-bond donors (Lipinski definition) is 0. The van der Waals surface area contributed by atoms with Gasteiger partial charge in [-0.15, -0.1) is 0 Å². The van der Waals surface area contributed by atoms with Crippen molar-refractivity contribution in [3.8, 4) is 0 Å². The highest BCUT2D eigenvalue weighted by molar-refractivity contribution is 6.30. The zero-order chi connectivity index (χ0) is 14.8. The molecule has 0 bridgehead atoms. The summed E-state index contributed by atoms with van der Waals surface area (Å²) in [6.45, 7) is 5.75. The third-order valence-corrected chi connectivity index (χ3v) is 3.62. The van der Waals surface area contributed by atoms with Crippen LogP contribution in [0.5, 0.6) is 0 Å². The van der Waals surface area contributed by atoms with Gasteiger partial charge < -0.3 is 4.74 Å². The number of carbonyl (C=O) groups is 1. The van der Waals surface area contributed by atoms with Crippen molar-refractivity contribution in [1.29, 1.82) is 0 Å². The molecule has 1 aliphatic rings. The lowest BCUT2D eigenvalue weighted by molar-refractivity contribution is -0.145. The Bertz CT molecular complexity index is 411. The van der Waals surface area contributed by atoms with E-state index in [0.717, 1.165) is 6.08 Å². The summed E-state index contributed by atoms with van der Waals surface area (Å²) in [7, 11) is 0. The summed E-state index contributed by atoms with van der Waals surface area (Å²) in [5, 5.41) is -1.19. The molecule has 2 atom stereocenters. The van der Waals surface area contributed by atoms with Crippen molar-refractivity contribution in [2.75, 3.05) is 6.61 Å². The number of hydrogen-bond acceptors (Lipinski definition) is 2. The molecule has 0 spiro atoms. The van der Waals surface area contributed by atoms with Crippen molar-refractivity contribution in [1.82, 2.24) is 0 Å². The average molecular weight is 297 g/mol. The second kappa shape index (κ2) is 5.57. The Labute approximate surface area is 115 Å². The molecule has 0 N–H and O–H groups in total. The predicted molar refractivity (Wildman–Crippen MR) is 66.5 cm³/mol. The monoisotopic (exact) mass is 296 g/mol. The van der Waals surface area contributed by atoms with Crippen molar-refractivity contribution in [2.24, 2.45) is 17.3 Å². The normalized spacial score (nSPS) is 26.6. The van der Waals surface area contributed by atoms with Gasteiger partial charge in [-0.3, -0.25) is 4.79 Å². The number of esters is 1. The summed E-state index contributed by atoms with van der Waals surface area (Å²) in [6.07, 6.45) is -0.944. The molecule has 19 heavy (non-hydrogen) atoms. The highest BCUT2D eigenvalue weighted by Crippen LogP contribution is 2.59. The maximum absolute atomic E-state index is 12.1. The fourth-order valence-electron chi connectivity index (χ4n) is 2.07. The van der Waals surface area contributed by atoms with Gasteiger partial charge in [-0.2, -0.15) is 13.2 Å². The highest BCUT2D eigenvalue weighted by atomic mass is 35.5. The number of halogens is 4. The first-order chi connectivity index (χ1) is 8.62. The van der Waals surface area contributed by atoms with Gasteiger partial charge >= 0.3 is 12.1 Å². The van der Waals surface area contributed by atoms with Gasteiger partial charge in [-0.1, -0.05) is 37.6 Å². The predicted octanol–water partition coefficient (Wildman–Crippen LogP) is 4.06. The van der Waals surface area contributed by atoms with E-state index in [1.165, 1.54) is 6.08 Å². The molecule has 0 saturated heterocycles. The molecule has 0 radical (unpaired) electrons. The molecule has 1 aliphatic carbocycles. The zero-order valence-electron chi connectivity index (χ0n) is 10.9. The molecule has 108 valence electrons. The Morgan fingerprint density at radius 2 is 2.00 bits per heavy atom. The quantitative estimate of drug-likeness (QED) is 0.577. The maximum Gasteiger partial charge on any atom is 0.426 e. The SMILES string of the molecule is CCOC(=O)[C@@H]1[C@H](/C=C/C=C(Cl)C(F)(F)F)C1(C)C. The maximum atomic E-state index is 12.1. The molecule has 2 nitrogen and oxygen atoms in total. The van der Waals surface area contributed by atoms with Gasteiger partial charge in [0.2, 0.25) is 0 Å². The summed E-state index contributed by atoms with van der Waals surface area (Å²) in [6, 6.07) is 0. The minimum Gasteiger partial charge on any atom is -0.466 e. The van der Waals surface area contributed by atoms with Gasteiger partial charge in [-0.05, 0) is 24.3 Å². The topological polar surface area (TPSA) is 26.3 Å². The van der Waals surface area contributed by atoms with Crippen LogP contribution in [-0.2, 0) is 9.53 Å². The van der Waals surface area contributed by atoms with Crippen LogP contribution in [0.4, 0.5) is 13.2 Å². The van der Waals surface area contributed by atoms with Gasteiger partial charge in [0.05, 0.1) is 12.5 Å². The summed E-state index contributed by atoms with van der Waals surface area (Å²) >= 11 is 5.07. The molecule has 0 heterocycles. The Balaban J connectivity index is 2.67. The first-order valence-electron chi connectivity index (χ1n) is 5.90. The second-order valence-corrected chi connectivity index (χ2v) is 5.38. The number of allylic oxidation sites excluding steroid dienone is 4. The molecule has 1 saturated carbocycles. The molecule has 0 aliphatic heterocycles. The number of rotatable bonds is 4. The molecule has 1 fully saturated rings. The van der Waals surface area contributed by atoms with E-state index >= 15 is 0 Å². The summed E-state index contributed by atoms with van der Waals surface area (Å²) < 4.78 is 41.3. The van der Waals surface area contributed by atoms with Crippen molar-refractivity contribution < 1.29 is 22.7 Å². The van der Waals surface area contributed by atoms with E-state index in [0.29, 0.717) is 6.61 Å². The van der Waals surface area contributed by atoms with E-state index in [-0.39, 0.29) is 23.2 Å². The van der Waals surface area contributed by atoms with Gasteiger partial charge in [-0.25, -0.2) is 0 Å². The standard InChI is InChI=1S/C13H16ClF3O2/c1-4-19-11(18)10-8(12(10,2)3)6-5-7-9(14)13(15,16)17/h5-8,10H,4H2,1-3H3/b6-5+,9-7?/t8-,10-/m0/s1. The second-order valence-electron chi connectivity index (χ2n) is 4.97. The molecule has 6 heteroatoms. The van der Waals surface area contributed by atoms with Crippen LogP contribution in [0, 0.1) is 17.3 Å². The van der Waals surface area contributed by atoms with Crippen LogP contribution in [0.1, 0.15) is 20.8 Å². The molecular formula is C13H16ClF3O2. The van der Waals surface area contributed by atoms with E-state index in [1.807, 2.05) is 13.8 Å². The van der Waals surface area contributed by atoms with Crippen molar-refractivity contribution in [3.05, 3.63) is 23.3 Å². The largest absolute Gasteiger partial charge is 0.466 e. The van der Waals surface area contributed by atoms with Crippen molar-refractivity contribution >= 4 is 17.6 Å². The fraction of sp³-hybridized carbons (Fsp3) is 0.615. The molecule has 0 aromatic heterocycles. The van der Waals surface area contributed by atoms with E-state index in [1.54, 1.807) is 13.0 Å². The molecule has 1 rings (SSSR count).